The number of ether oxygens (including phenoxy) is 1. The number of anilines is 1. The molecule has 2 N–H and O–H groups in total. The molecule has 2 aromatic rings. The summed E-state index contributed by atoms with van der Waals surface area (Å²) in [5, 5.41) is 5.44. The van der Waals surface area contributed by atoms with E-state index in [1.165, 1.54) is 0 Å². The summed E-state index contributed by atoms with van der Waals surface area (Å²) in [6.07, 6.45) is 0.171. The molecule has 0 saturated carbocycles. The number of hydrogen-bond acceptors (Lipinski definition) is 5. The van der Waals surface area contributed by atoms with Crippen LogP contribution in [0.4, 0.5) is 5.69 Å². The molecular weight excluding hydrogens is 394 g/mol. The lowest BCUT2D eigenvalue weighted by Gasteiger charge is -2.21. The van der Waals surface area contributed by atoms with Gasteiger partial charge in [-0.25, -0.2) is 4.79 Å². The Morgan fingerprint density at radius 2 is 1.55 bits per heavy atom. The van der Waals surface area contributed by atoms with Gasteiger partial charge >= 0.3 is 5.97 Å². The molecule has 2 rings (SSSR count). The summed E-state index contributed by atoms with van der Waals surface area (Å²) in [6.45, 7) is 3.57. The molecule has 166 valence electrons. The SMILES string of the molecule is CC(C)[C@H](NC(=O)Cc1ccccc1)C(=O)OCC(=O)NCc1ccc(N(C)C)cc1. The molecule has 0 fully saturated rings. The third-order valence-electron chi connectivity index (χ3n) is 4.73. The first-order valence-corrected chi connectivity index (χ1v) is 10.3. The average molecular weight is 426 g/mol. The molecule has 0 saturated heterocycles. The molecule has 1 atom stereocenters. The van der Waals surface area contributed by atoms with Crippen molar-refractivity contribution < 1.29 is 19.1 Å². The molecule has 0 unspecified atom stereocenters. The van der Waals surface area contributed by atoms with Crippen LogP contribution in [0.15, 0.2) is 54.6 Å². The largest absolute Gasteiger partial charge is 0.454 e. The maximum absolute atomic E-state index is 12.4. The van der Waals surface area contributed by atoms with Crippen molar-refractivity contribution in [3.8, 4) is 0 Å². The fourth-order valence-electron chi connectivity index (χ4n) is 2.89. The maximum Gasteiger partial charge on any atom is 0.329 e. The van der Waals surface area contributed by atoms with Crippen LogP contribution in [0, 0.1) is 5.92 Å². The monoisotopic (exact) mass is 425 g/mol. The molecular formula is C24H31N3O4. The second-order valence-corrected chi connectivity index (χ2v) is 7.90. The van der Waals surface area contributed by atoms with Crippen LogP contribution in [0.3, 0.4) is 0 Å². The molecule has 0 bridgehead atoms. The van der Waals surface area contributed by atoms with Crippen LogP contribution in [0.25, 0.3) is 0 Å². The quantitative estimate of drug-likeness (QED) is 0.571. The van der Waals surface area contributed by atoms with Crippen LogP contribution in [0.5, 0.6) is 0 Å². The molecule has 7 nitrogen and oxygen atoms in total. The summed E-state index contributed by atoms with van der Waals surface area (Å²) in [4.78, 5) is 38.8. The van der Waals surface area contributed by atoms with E-state index < -0.39 is 24.5 Å². The van der Waals surface area contributed by atoms with Gasteiger partial charge in [-0.15, -0.1) is 0 Å². The van der Waals surface area contributed by atoms with E-state index in [0.29, 0.717) is 6.54 Å². The second-order valence-electron chi connectivity index (χ2n) is 7.90. The van der Waals surface area contributed by atoms with Crippen molar-refractivity contribution in [2.75, 3.05) is 25.6 Å². The van der Waals surface area contributed by atoms with Crippen LogP contribution in [0.2, 0.25) is 0 Å². The molecule has 0 aliphatic rings. The van der Waals surface area contributed by atoms with Gasteiger partial charge in [0.25, 0.3) is 5.91 Å². The molecule has 0 spiro atoms. The van der Waals surface area contributed by atoms with Crippen LogP contribution in [0.1, 0.15) is 25.0 Å². The first-order chi connectivity index (χ1) is 14.8. The lowest BCUT2D eigenvalue weighted by Crippen LogP contribution is -2.46. The van der Waals surface area contributed by atoms with Crippen molar-refractivity contribution in [1.82, 2.24) is 10.6 Å². The number of amides is 2. The van der Waals surface area contributed by atoms with Crippen molar-refractivity contribution in [2.45, 2.75) is 32.9 Å². The van der Waals surface area contributed by atoms with E-state index in [1.807, 2.05) is 87.4 Å². The Labute approximate surface area is 183 Å². The molecule has 2 amide bonds. The highest BCUT2D eigenvalue weighted by Gasteiger charge is 2.26. The maximum atomic E-state index is 12.4. The van der Waals surface area contributed by atoms with Gasteiger partial charge in [0.05, 0.1) is 6.42 Å². The highest BCUT2D eigenvalue weighted by atomic mass is 16.5. The van der Waals surface area contributed by atoms with Crippen LogP contribution in [-0.4, -0.2) is 44.5 Å². The Bertz CT molecular complexity index is 864. The zero-order chi connectivity index (χ0) is 22.8. The number of benzene rings is 2. The van der Waals surface area contributed by atoms with Gasteiger partial charge < -0.3 is 20.3 Å². The Morgan fingerprint density at radius 1 is 0.903 bits per heavy atom. The minimum atomic E-state index is -0.817. The first kappa shape index (κ1) is 23.9. The van der Waals surface area contributed by atoms with Crippen molar-refractivity contribution in [3.63, 3.8) is 0 Å². The van der Waals surface area contributed by atoms with E-state index >= 15 is 0 Å². The molecule has 7 heteroatoms. The fraction of sp³-hybridized carbons (Fsp3) is 0.375. The highest BCUT2D eigenvalue weighted by Crippen LogP contribution is 2.12. The highest BCUT2D eigenvalue weighted by molar-refractivity contribution is 5.87. The van der Waals surface area contributed by atoms with Crippen molar-refractivity contribution in [3.05, 3.63) is 65.7 Å². The summed E-state index contributed by atoms with van der Waals surface area (Å²) in [6, 6.07) is 16.2. The Hall–Kier alpha value is -3.35. The molecule has 0 aromatic heterocycles. The summed E-state index contributed by atoms with van der Waals surface area (Å²) in [7, 11) is 3.92. The van der Waals surface area contributed by atoms with Gasteiger partial charge in [0.2, 0.25) is 5.91 Å². The zero-order valence-electron chi connectivity index (χ0n) is 18.6. The van der Waals surface area contributed by atoms with Crippen LogP contribution >= 0.6 is 0 Å². The summed E-state index contributed by atoms with van der Waals surface area (Å²) >= 11 is 0. The number of carbonyl (C=O) groups excluding carboxylic acids is 3. The van der Waals surface area contributed by atoms with Gasteiger partial charge in [-0.3, -0.25) is 9.59 Å². The normalized spacial score (nSPS) is 11.5. The predicted molar refractivity (Wildman–Crippen MR) is 120 cm³/mol. The van der Waals surface area contributed by atoms with E-state index in [4.69, 9.17) is 4.74 Å². The van der Waals surface area contributed by atoms with E-state index in [2.05, 4.69) is 10.6 Å². The third kappa shape index (κ3) is 8.12. The number of carbonyl (C=O) groups is 3. The minimum absolute atomic E-state index is 0.171. The molecule has 0 radical (unpaired) electrons. The van der Waals surface area contributed by atoms with Crippen LogP contribution < -0.4 is 15.5 Å². The number of nitrogens with zero attached hydrogens (tertiary/aromatic N) is 1. The average Bonchev–Trinajstić information content (AvgIpc) is 2.75. The Balaban J connectivity index is 1.79. The standard InChI is InChI=1S/C24H31N3O4/c1-17(2)23(26-21(28)14-18-8-6-5-7-9-18)24(30)31-16-22(29)25-15-19-10-12-20(13-11-19)27(3)4/h5-13,17,23H,14-16H2,1-4H3,(H,25,29)(H,26,28)/t23-/m0/s1. The van der Waals surface area contributed by atoms with E-state index in [-0.39, 0.29) is 18.2 Å². The zero-order valence-corrected chi connectivity index (χ0v) is 18.6. The number of rotatable bonds is 10. The number of esters is 1. The van der Waals surface area contributed by atoms with Gasteiger partial charge in [0.1, 0.15) is 6.04 Å². The molecule has 31 heavy (non-hydrogen) atoms. The summed E-state index contributed by atoms with van der Waals surface area (Å²) in [5.41, 5.74) is 2.87. The Morgan fingerprint density at radius 3 is 2.13 bits per heavy atom. The lowest BCUT2D eigenvalue weighted by molar-refractivity contribution is -0.152. The van der Waals surface area contributed by atoms with E-state index in [9.17, 15) is 14.4 Å². The summed E-state index contributed by atoms with van der Waals surface area (Å²) in [5.74, 6) is -1.47. The summed E-state index contributed by atoms with van der Waals surface area (Å²) < 4.78 is 5.15. The topological polar surface area (TPSA) is 87.7 Å². The third-order valence-corrected chi connectivity index (χ3v) is 4.73. The van der Waals surface area contributed by atoms with Gasteiger partial charge in [-0.05, 0) is 29.2 Å². The van der Waals surface area contributed by atoms with E-state index in [1.54, 1.807) is 0 Å². The number of nitrogens with one attached hydrogen (secondary N) is 2. The fourth-order valence-corrected chi connectivity index (χ4v) is 2.89. The first-order valence-electron chi connectivity index (χ1n) is 10.3. The second kappa shape index (κ2) is 11.7. The van der Waals surface area contributed by atoms with E-state index in [0.717, 1.165) is 16.8 Å². The van der Waals surface area contributed by atoms with Crippen molar-refractivity contribution >= 4 is 23.5 Å². The van der Waals surface area contributed by atoms with Gasteiger partial charge in [0, 0.05) is 26.3 Å². The number of hydrogen-bond donors (Lipinski definition) is 2. The Kier molecular flexibility index (Phi) is 9.06. The van der Waals surface area contributed by atoms with Crippen molar-refractivity contribution in [1.29, 1.82) is 0 Å². The molecule has 0 heterocycles. The van der Waals surface area contributed by atoms with Gasteiger partial charge in [-0.1, -0.05) is 56.3 Å². The van der Waals surface area contributed by atoms with Crippen LogP contribution in [-0.2, 0) is 32.1 Å². The van der Waals surface area contributed by atoms with Crippen molar-refractivity contribution in [2.24, 2.45) is 5.92 Å². The van der Waals surface area contributed by atoms with Gasteiger partial charge in [-0.2, -0.15) is 0 Å². The van der Waals surface area contributed by atoms with Gasteiger partial charge in [0.15, 0.2) is 6.61 Å². The smallest absolute Gasteiger partial charge is 0.329 e. The molecule has 2 aromatic carbocycles. The molecule has 0 aliphatic carbocycles. The molecule has 0 aliphatic heterocycles. The lowest BCUT2D eigenvalue weighted by atomic mass is 10.0. The predicted octanol–water partition coefficient (Wildman–Crippen LogP) is 2.30. The minimum Gasteiger partial charge on any atom is -0.454 e.